The number of methoxy groups -OCH3 is 1. The van der Waals surface area contributed by atoms with Crippen LogP contribution in [0, 0.1) is 33.3 Å². The van der Waals surface area contributed by atoms with Crippen molar-refractivity contribution in [3.05, 3.63) is 69.3 Å². The van der Waals surface area contributed by atoms with Gasteiger partial charge in [0.1, 0.15) is 11.9 Å². The lowest BCUT2D eigenvalue weighted by Gasteiger charge is -2.50. The number of nitro benzene ring substituents is 1. The molecule has 6 heteroatoms. The maximum absolute atomic E-state index is 11.0. The molecule has 1 aliphatic heterocycles. The molecule has 4 aliphatic rings. The van der Waals surface area contributed by atoms with Gasteiger partial charge < -0.3 is 9.47 Å². The highest BCUT2D eigenvalue weighted by Gasteiger charge is 2.60. The summed E-state index contributed by atoms with van der Waals surface area (Å²) in [7, 11) is 1.74. The van der Waals surface area contributed by atoms with Crippen LogP contribution in [0.15, 0.2) is 47.5 Å². The summed E-state index contributed by atoms with van der Waals surface area (Å²) in [5.41, 5.74) is 4.08. The molecule has 0 aromatic heterocycles. The SMILES string of the molecule is COc1ccc2c(c1)CC[C@@H]1[C@@H]2CC[C@@]2(C)[C@H]1C[C@@H]1CN=C(c3ccc([N+](=O)[O-])cc3)O[C@@H]12. The number of hydrogen-bond donors (Lipinski definition) is 0. The summed E-state index contributed by atoms with van der Waals surface area (Å²) >= 11 is 0. The Hall–Kier alpha value is -2.89. The summed E-state index contributed by atoms with van der Waals surface area (Å²) in [5.74, 6) is 4.04. The molecular weight excluding hydrogens is 416 g/mol. The van der Waals surface area contributed by atoms with Crippen LogP contribution in [0.2, 0.25) is 0 Å². The molecule has 2 fully saturated rings. The Morgan fingerprint density at radius 2 is 2.00 bits per heavy atom. The number of non-ortho nitro benzene ring substituents is 1. The molecule has 2 aromatic rings. The molecule has 0 radical (unpaired) electrons. The normalized spacial score (nSPS) is 34.1. The first-order valence-corrected chi connectivity index (χ1v) is 12.1. The second-order valence-electron chi connectivity index (χ2n) is 10.5. The van der Waals surface area contributed by atoms with E-state index in [4.69, 9.17) is 14.5 Å². The van der Waals surface area contributed by atoms with Crippen molar-refractivity contribution in [1.82, 2.24) is 0 Å². The van der Waals surface area contributed by atoms with E-state index >= 15 is 0 Å². The summed E-state index contributed by atoms with van der Waals surface area (Å²) < 4.78 is 12.1. The Morgan fingerprint density at radius 1 is 1.18 bits per heavy atom. The first-order chi connectivity index (χ1) is 16.0. The van der Waals surface area contributed by atoms with E-state index in [-0.39, 0.29) is 22.1 Å². The second kappa shape index (κ2) is 7.57. The van der Waals surface area contributed by atoms with Gasteiger partial charge in [-0.25, -0.2) is 0 Å². The van der Waals surface area contributed by atoms with Crippen LogP contribution in [0.4, 0.5) is 5.69 Å². The van der Waals surface area contributed by atoms with Crippen LogP contribution < -0.4 is 4.74 Å². The molecule has 6 atom stereocenters. The molecule has 33 heavy (non-hydrogen) atoms. The van der Waals surface area contributed by atoms with Gasteiger partial charge >= 0.3 is 0 Å². The van der Waals surface area contributed by atoms with Gasteiger partial charge in [-0.1, -0.05) is 13.0 Å². The fourth-order valence-electron chi connectivity index (χ4n) is 7.46. The number of nitro groups is 1. The Morgan fingerprint density at radius 3 is 2.76 bits per heavy atom. The number of aryl methyl sites for hydroxylation is 1. The number of rotatable bonds is 3. The van der Waals surface area contributed by atoms with E-state index < -0.39 is 0 Å². The Balaban J connectivity index is 1.25. The number of benzene rings is 2. The summed E-state index contributed by atoms with van der Waals surface area (Å²) in [5, 5.41) is 11.0. The van der Waals surface area contributed by atoms with Gasteiger partial charge in [0.15, 0.2) is 0 Å². The van der Waals surface area contributed by atoms with Crippen molar-refractivity contribution < 1.29 is 14.4 Å². The quantitative estimate of drug-likeness (QED) is 0.459. The third-order valence-corrected chi connectivity index (χ3v) is 9.04. The zero-order valence-corrected chi connectivity index (χ0v) is 19.2. The van der Waals surface area contributed by atoms with Gasteiger partial charge in [0.2, 0.25) is 5.90 Å². The van der Waals surface area contributed by atoms with Crippen LogP contribution in [-0.4, -0.2) is 30.6 Å². The lowest BCUT2D eigenvalue weighted by molar-refractivity contribution is -0.384. The van der Waals surface area contributed by atoms with Gasteiger partial charge in [-0.2, -0.15) is 0 Å². The minimum atomic E-state index is -0.372. The van der Waals surface area contributed by atoms with Gasteiger partial charge in [-0.3, -0.25) is 15.1 Å². The molecule has 1 heterocycles. The fraction of sp³-hybridized carbons (Fsp3) is 0.519. The van der Waals surface area contributed by atoms with Gasteiger partial charge in [0.05, 0.1) is 12.0 Å². The van der Waals surface area contributed by atoms with Crippen molar-refractivity contribution in [2.24, 2.45) is 28.2 Å². The largest absolute Gasteiger partial charge is 0.497 e. The zero-order valence-electron chi connectivity index (χ0n) is 19.2. The lowest BCUT2D eigenvalue weighted by Crippen LogP contribution is -2.47. The molecular formula is C27H30N2O4. The zero-order chi connectivity index (χ0) is 22.7. The van der Waals surface area contributed by atoms with E-state index in [9.17, 15) is 10.1 Å². The molecule has 2 saturated carbocycles. The fourth-order valence-corrected chi connectivity index (χ4v) is 7.46. The Labute approximate surface area is 194 Å². The molecule has 0 bridgehead atoms. The minimum Gasteiger partial charge on any atom is -0.497 e. The van der Waals surface area contributed by atoms with E-state index in [1.807, 2.05) is 0 Å². The van der Waals surface area contributed by atoms with Crippen LogP contribution in [0.5, 0.6) is 5.75 Å². The van der Waals surface area contributed by atoms with Gasteiger partial charge in [-0.05, 0) is 85.3 Å². The number of fused-ring (bicyclic) bond motifs is 7. The monoisotopic (exact) mass is 446 g/mol. The standard InChI is InChI=1S/C27H30N2O4/c1-27-12-11-22-21-10-8-20(32-2)13-17(21)5-9-23(22)24(27)14-18-15-28-26(33-25(18)27)16-3-6-19(7-4-16)29(30)31/h3-4,6-8,10,13,18,22-25H,5,9,11-12,14-15H2,1-2H3/t18-,22-,23-,24+,25+,27+/m1/s1. The summed E-state index contributed by atoms with van der Waals surface area (Å²) in [6, 6.07) is 13.3. The van der Waals surface area contributed by atoms with E-state index in [2.05, 4.69) is 25.1 Å². The molecule has 0 spiro atoms. The maximum atomic E-state index is 11.0. The maximum Gasteiger partial charge on any atom is 0.269 e. The van der Waals surface area contributed by atoms with Gasteiger partial charge in [-0.15, -0.1) is 0 Å². The summed E-state index contributed by atoms with van der Waals surface area (Å²) in [6.07, 6.45) is 6.09. The topological polar surface area (TPSA) is 74.0 Å². The van der Waals surface area contributed by atoms with Crippen molar-refractivity contribution in [3.63, 3.8) is 0 Å². The molecule has 172 valence electrons. The van der Waals surface area contributed by atoms with Crippen LogP contribution in [-0.2, 0) is 11.2 Å². The molecule has 0 saturated heterocycles. The van der Waals surface area contributed by atoms with Gasteiger partial charge in [0, 0.05) is 35.6 Å². The van der Waals surface area contributed by atoms with E-state index in [0.29, 0.717) is 29.6 Å². The number of aliphatic imine (C=N–C) groups is 1. The Kier molecular flexibility index (Phi) is 4.75. The molecule has 6 nitrogen and oxygen atoms in total. The minimum absolute atomic E-state index is 0.0921. The van der Waals surface area contributed by atoms with Crippen molar-refractivity contribution in [3.8, 4) is 5.75 Å². The number of hydrogen-bond acceptors (Lipinski definition) is 5. The van der Waals surface area contributed by atoms with Crippen LogP contribution in [0.25, 0.3) is 0 Å². The average molecular weight is 447 g/mol. The molecule has 3 aliphatic carbocycles. The smallest absolute Gasteiger partial charge is 0.269 e. The first kappa shape index (κ1) is 20.7. The average Bonchev–Trinajstić information content (AvgIpc) is 3.15. The highest BCUT2D eigenvalue weighted by Crippen LogP contribution is 2.63. The third kappa shape index (κ3) is 3.17. The van der Waals surface area contributed by atoms with E-state index in [1.165, 1.54) is 48.9 Å². The van der Waals surface area contributed by atoms with Crippen LogP contribution in [0.1, 0.15) is 55.2 Å². The summed E-state index contributed by atoms with van der Waals surface area (Å²) in [4.78, 5) is 15.4. The Bertz CT molecular complexity index is 1130. The molecule has 0 unspecified atom stereocenters. The number of nitrogens with zero attached hydrogens (tertiary/aromatic N) is 2. The third-order valence-electron chi connectivity index (χ3n) is 9.04. The highest BCUT2D eigenvalue weighted by atomic mass is 16.6. The second-order valence-corrected chi connectivity index (χ2v) is 10.5. The lowest BCUT2D eigenvalue weighted by atomic mass is 9.55. The van der Waals surface area contributed by atoms with Crippen molar-refractivity contribution in [2.75, 3.05) is 13.7 Å². The molecule has 2 aromatic carbocycles. The van der Waals surface area contributed by atoms with Crippen LogP contribution in [0.3, 0.4) is 0 Å². The van der Waals surface area contributed by atoms with Crippen LogP contribution >= 0.6 is 0 Å². The molecule has 0 amide bonds. The summed E-state index contributed by atoms with van der Waals surface area (Å²) in [6.45, 7) is 3.23. The van der Waals surface area contributed by atoms with E-state index in [1.54, 1.807) is 19.2 Å². The molecule has 6 rings (SSSR count). The van der Waals surface area contributed by atoms with Gasteiger partial charge in [0.25, 0.3) is 5.69 Å². The first-order valence-electron chi connectivity index (χ1n) is 12.1. The highest BCUT2D eigenvalue weighted by molar-refractivity contribution is 5.94. The van der Waals surface area contributed by atoms with Crippen molar-refractivity contribution in [1.29, 1.82) is 0 Å². The number of ether oxygens (including phenoxy) is 2. The predicted octanol–water partition coefficient (Wildman–Crippen LogP) is 5.53. The van der Waals surface area contributed by atoms with Crippen molar-refractivity contribution >= 4 is 11.6 Å². The van der Waals surface area contributed by atoms with E-state index in [0.717, 1.165) is 24.3 Å². The van der Waals surface area contributed by atoms with Crippen molar-refractivity contribution in [2.45, 2.75) is 51.0 Å². The molecule has 0 N–H and O–H groups in total. The predicted molar refractivity (Wildman–Crippen MR) is 126 cm³/mol.